The first-order chi connectivity index (χ1) is 12.7. The van der Waals surface area contributed by atoms with Crippen molar-refractivity contribution in [3.63, 3.8) is 0 Å². The van der Waals surface area contributed by atoms with Crippen LogP contribution in [0.5, 0.6) is 0 Å². The number of nitrogens with one attached hydrogen (secondary N) is 3. The van der Waals surface area contributed by atoms with E-state index in [2.05, 4.69) is 28.8 Å². The van der Waals surface area contributed by atoms with Crippen molar-refractivity contribution in [1.82, 2.24) is 10.3 Å². The quantitative estimate of drug-likeness (QED) is 0.400. The van der Waals surface area contributed by atoms with E-state index in [1.807, 2.05) is 72.0 Å². The molecule has 0 radical (unpaired) electrons. The third kappa shape index (κ3) is 9.52. The summed E-state index contributed by atoms with van der Waals surface area (Å²) in [7, 11) is 0. The van der Waals surface area contributed by atoms with Crippen LogP contribution >= 0.6 is 0 Å². The second kappa shape index (κ2) is 17.1. The van der Waals surface area contributed by atoms with Crippen molar-refractivity contribution in [3.05, 3.63) is 67.5 Å². The fourth-order valence-corrected chi connectivity index (χ4v) is 1.88. The Hall–Kier alpha value is -2.75. The van der Waals surface area contributed by atoms with Gasteiger partial charge in [0.05, 0.1) is 5.69 Å². The molecule has 0 aliphatic heterocycles. The molecule has 0 aliphatic rings. The fourth-order valence-electron chi connectivity index (χ4n) is 1.88. The van der Waals surface area contributed by atoms with Gasteiger partial charge in [-0.05, 0) is 37.6 Å². The molecule has 0 saturated carbocycles. The van der Waals surface area contributed by atoms with Crippen LogP contribution in [0.2, 0.25) is 0 Å². The summed E-state index contributed by atoms with van der Waals surface area (Å²) in [4.78, 5) is 15.0. The first-order valence-corrected chi connectivity index (χ1v) is 9.19. The number of amides is 2. The summed E-state index contributed by atoms with van der Waals surface area (Å²) >= 11 is 0. The number of H-pyrrole nitrogens is 1. The van der Waals surface area contributed by atoms with Gasteiger partial charge in [-0.25, -0.2) is 4.79 Å². The van der Waals surface area contributed by atoms with Crippen molar-refractivity contribution < 1.29 is 4.79 Å². The number of allylic oxidation sites excluding steroid dienone is 4. The van der Waals surface area contributed by atoms with Crippen LogP contribution in [0, 0.1) is 0 Å². The first kappa shape index (κ1) is 25.5. The molecular formula is C22H35N3O. The van der Waals surface area contributed by atoms with Gasteiger partial charge in [0.25, 0.3) is 0 Å². The second-order valence-electron chi connectivity index (χ2n) is 4.51. The van der Waals surface area contributed by atoms with Gasteiger partial charge >= 0.3 is 6.03 Å². The van der Waals surface area contributed by atoms with Crippen LogP contribution in [-0.4, -0.2) is 11.0 Å². The van der Waals surface area contributed by atoms with E-state index < -0.39 is 0 Å². The van der Waals surface area contributed by atoms with Crippen molar-refractivity contribution in [2.24, 2.45) is 0 Å². The maximum atomic E-state index is 11.9. The zero-order valence-electron chi connectivity index (χ0n) is 17.1. The highest BCUT2D eigenvalue weighted by Gasteiger charge is 2.06. The number of carbonyl (C=O) groups is 1. The minimum atomic E-state index is -0.247. The highest BCUT2D eigenvalue weighted by molar-refractivity contribution is 6.01. The molecule has 0 atom stereocenters. The lowest BCUT2D eigenvalue weighted by molar-refractivity contribution is 0.254. The van der Waals surface area contributed by atoms with E-state index in [1.165, 1.54) is 0 Å². The van der Waals surface area contributed by atoms with Crippen LogP contribution in [0.1, 0.15) is 48.0 Å². The van der Waals surface area contributed by atoms with Gasteiger partial charge in [0, 0.05) is 22.8 Å². The van der Waals surface area contributed by atoms with E-state index in [0.29, 0.717) is 0 Å². The van der Waals surface area contributed by atoms with Crippen molar-refractivity contribution >= 4 is 22.6 Å². The normalized spacial score (nSPS) is 9.23. The van der Waals surface area contributed by atoms with Crippen LogP contribution in [0.3, 0.4) is 0 Å². The molecule has 2 aromatic rings. The summed E-state index contributed by atoms with van der Waals surface area (Å²) in [6.45, 7) is 18.8. The molecule has 0 spiro atoms. The highest BCUT2D eigenvalue weighted by Crippen LogP contribution is 2.21. The van der Waals surface area contributed by atoms with Crippen LogP contribution < -0.4 is 10.6 Å². The fraction of sp³-hybridized carbons (Fsp3) is 0.318. The Balaban J connectivity index is 0. The van der Waals surface area contributed by atoms with E-state index in [4.69, 9.17) is 0 Å². The lowest BCUT2D eigenvalue weighted by atomic mass is 10.2. The van der Waals surface area contributed by atoms with Crippen molar-refractivity contribution in [3.8, 4) is 0 Å². The summed E-state index contributed by atoms with van der Waals surface area (Å²) in [5, 5.41) is 6.64. The van der Waals surface area contributed by atoms with E-state index in [1.54, 1.807) is 18.2 Å². The largest absolute Gasteiger partial charge is 0.361 e. The summed E-state index contributed by atoms with van der Waals surface area (Å²) in [6, 6.07) is 7.43. The van der Waals surface area contributed by atoms with Gasteiger partial charge in [0.1, 0.15) is 0 Å². The molecule has 26 heavy (non-hydrogen) atoms. The number of carbonyl (C=O) groups excluding carboxylic acids is 1. The number of urea groups is 1. The third-order valence-electron chi connectivity index (χ3n) is 2.82. The standard InChI is InChI=1S/C15H17N3O.C3H6.2C2H6/c1-3-6-11(4-2)17-15(19)18-14-8-5-7-13-12(14)9-10-16-13;1-3-2;2*1-2/h3,5-10,16H,1,4H2,2H3,(H2,17,18,19);3H,1H2,2H3;2*1-2H3/b11-6+;;;. The first-order valence-electron chi connectivity index (χ1n) is 9.19. The number of fused-ring (bicyclic) bond motifs is 1. The summed E-state index contributed by atoms with van der Waals surface area (Å²) < 4.78 is 0. The second-order valence-corrected chi connectivity index (χ2v) is 4.51. The number of aromatic nitrogens is 1. The molecule has 4 heteroatoms. The molecule has 0 saturated heterocycles. The van der Waals surface area contributed by atoms with Gasteiger partial charge in [-0.3, -0.25) is 0 Å². The van der Waals surface area contributed by atoms with Gasteiger partial charge in [-0.15, -0.1) is 6.58 Å². The Morgan fingerprint density at radius 2 is 1.77 bits per heavy atom. The minimum Gasteiger partial charge on any atom is -0.361 e. The zero-order chi connectivity index (χ0) is 20.4. The molecule has 0 bridgehead atoms. The van der Waals surface area contributed by atoms with E-state index in [-0.39, 0.29) is 6.03 Å². The number of rotatable bonds is 4. The SMILES string of the molecule is C=C/C=C(\CC)NC(=O)Nc1cccc2[nH]ccc12.C=CC.CC.CC. The number of hydrogen-bond donors (Lipinski definition) is 3. The molecule has 144 valence electrons. The number of aromatic amines is 1. The van der Waals surface area contributed by atoms with Gasteiger partial charge in [-0.2, -0.15) is 0 Å². The van der Waals surface area contributed by atoms with Gasteiger partial charge in [-0.1, -0.05) is 59.4 Å². The minimum absolute atomic E-state index is 0.247. The molecule has 2 rings (SSSR count). The molecule has 4 nitrogen and oxygen atoms in total. The topological polar surface area (TPSA) is 56.9 Å². The molecule has 0 aliphatic carbocycles. The third-order valence-corrected chi connectivity index (χ3v) is 2.82. The monoisotopic (exact) mass is 357 g/mol. The smallest absolute Gasteiger partial charge is 0.323 e. The Morgan fingerprint density at radius 1 is 1.15 bits per heavy atom. The maximum Gasteiger partial charge on any atom is 0.323 e. The maximum absolute atomic E-state index is 11.9. The van der Waals surface area contributed by atoms with Gasteiger partial charge in [0.15, 0.2) is 0 Å². The average molecular weight is 358 g/mol. The Bertz CT molecular complexity index is 669. The van der Waals surface area contributed by atoms with Crippen LogP contribution in [-0.2, 0) is 0 Å². The molecule has 0 unspecified atom stereocenters. The molecule has 1 heterocycles. The average Bonchev–Trinajstić information content (AvgIpc) is 3.15. The number of hydrogen-bond acceptors (Lipinski definition) is 1. The molecule has 1 aromatic heterocycles. The summed E-state index contributed by atoms with van der Waals surface area (Å²) in [6.07, 6.45) is 7.79. The molecule has 0 fully saturated rings. The van der Waals surface area contributed by atoms with E-state index in [9.17, 15) is 4.79 Å². The van der Waals surface area contributed by atoms with Gasteiger partial charge < -0.3 is 15.6 Å². The summed E-state index contributed by atoms with van der Waals surface area (Å²) in [5.74, 6) is 0. The molecule has 1 aromatic carbocycles. The van der Waals surface area contributed by atoms with Crippen molar-refractivity contribution in [2.45, 2.75) is 48.0 Å². The Morgan fingerprint density at radius 3 is 2.31 bits per heavy atom. The molecule has 3 N–H and O–H groups in total. The molecular weight excluding hydrogens is 322 g/mol. The Kier molecular flexibility index (Phi) is 16.8. The predicted molar refractivity (Wildman–Crippen MR) is 118 cm³/mol. The highest BCUT2D eigenvalue weighted by atomic mass is 16.2. The van der Waals surface area contributed by atoms with Crippen LogP contribution in [0.15, 0.2) is 67.5 Å². The lowest BCUT2D eigenvalue weighted by Gasteiger charge is -2.10. The lowest BCUT2D eigenvalue weighted by Crippen LogP contribution is -2.27. The Labute approximate surface area is 159 Å². The van der Waals surface area contributed by atoms with E-state index in [0.717, 1.165) is 28.7 Å². The van der Waals surface area contributed by atoms with Crippen molar-refractivity contribution in [1.29, 1.82) is 0 Å². The number of anilines is 1. The van der Waals surface area contributed by atoms with Crippen LogP contribution in [0.4, 0.5) is 10.5 Å². The van der Waals surface area contributed by atoms with Gasteiger partial charge in [0.2, 0.25) is 0 Å². The summed E-state index contributed by atoms with van der Waals surface area (Å²) in [5.41, 5.74) is 2.61. The van der Waals surface area contributed by atoms with Crippen molar-refractivity contribution in [2.75, 3.05) is 5.32 Å². The number of benzene rings is 1. The predicted octanol–water partition coefficient (Wildman–Crippen LogP) is 7.01. The molecule has 2 amide bonds. The van der Waals surface area contributed by atoms with Crippen LogP contribution in [0.25, 0.3) is 10.9 Å². The zero-order valence-corrected chi connectivity index (χ0v) is 17.1. The van der Waals surface area contributed by atoms with E-state index >= 15 is 0 Å².